The number of hydrogen-bond acceptors (Lipinski definition) is 5. The summed E-state index contributed by atoms with van der Waals surface area (Å²) in [6.07, 6.45) is 1.01. The van der Waals surface area contributed by atoms with Gasteiger partial charge in [0.05, 0.1) is 14.2 Å². The van der Waals surface area contributed by atoms with Crippen molar-refractivity contribution >= 4 is 10.0 Å². The van der Waals surface area contributed by atoms with Crippen molar-refractivity contribution < 1.29 is 17.9 Å². The molecule has 7 heteroatoms. The van der Waals surface area contributed by atoms with Gasteiger partial charge in [-0.05, 0) is 38.1 Å². The van der Waals surface area contributed by atoms with Crippen molar-refractivity contribution in [3.05, 3.63) is 18.2 Å². The van der Waals surface area contributed by atoms with E-state index >= 15 is 0 Å². The summed E-state index contributed by atoms with van der Waals surface area (Å²) in [6.45, 7) is 2.36. The fourth-order valence-electron chi connectivity index (χ4n) is 2.49. The van der Waals surface area contributed by atoms with Gasteiger partial charge < -0.3 is 14.4 Å². The Balaban J connectivity index is 2.14. The number of hydrogen-bond donors (Lipinski definition) is 1. The van der Waals surface area contributed by atoms with Gasteiger partial charge in [0.1, 0.15) is 16.4 Å². The van der Waals surface area contributed by atoms with Gasteiger partial charge in [-0.2, -0.15) is 0 Å². The Morgan fingerprint density at radius 3 is 2.67 bits per heavy atom. The van der Waals surface area contributed by atoms with Crippen LogP contribution in [-0.2, 0) is 10.0 Å². The zero-order chi connectivity index (χ0) is 15.5. The standard InChI is InChI=1S/C14H22N2O4S/c1-16-7-6-11(10-16)9-15-21(17,18)14-8-12(19-2)4-5-13(14)20-3/h4-5,8,11,15H,6-7,9-10H2,1-3H3. The molecule has 1 heterocycles. The van der Waals surface area contributed by atoms with Gasteiger partial charge in [0.2, 0.25) is 10.0 Å². The quantitative estimate of drug-likeness (QED) is 0.846. The third-order valence-electron chi connectivity index (χ3n) is 3.71. The number of nitrogens with one attached hydrogen (secondary N) is 1. The highest BCUT2D eigenvalue weighted by molar-refractivity contribution is 7.89. The van der Waals surface area contributed by atoms with Crippen LogP contribution in [-0.4, -0.2) is 54.2 Å². The summed E-state index contributed by atoms with van der Waals surface area (Å²) in [5.41, 5.74) is 0. The molecule has 0 spiro atoms. The lowest BCUT2D eigenvalue weighted by Gasteiger charge is -2.14. The molecule has 0 bridgehead atoms. The molecule has 1 fully saturated rings. The average Bonchev–Trinajstić information content (AvgIpc) is 2.90. The monoisotopic (exact) mass is 314 g/mol. The van der Waals surface area contributed by atoms with E-state index in [1.165, 1.54) is 20.3 Å². The predicted octanol–water partition coefficient (Wildman–Crippen LogP) is 0.934. The van der Waals surface area contributed by atoms with E-state index in [0.29, 0.717) is 24.0 Å². The first-order valence-corrected chi connectivity index (χ1v) is 8.35. The van der Waals surface area contributed by atoms with Gasteiger partial charge in [0.15, 0.2) is 0 Å². The number of likely N-dealkylation sites (tertiary alicyclic amines) is 1. The molecule has 1 aromatic rings. The van der Waals surface area contributed by atoms with Crippen LogP contribution >= 0.6 is 0 Å². The highest BCUT2D eigenvalue weighted by Gasteiger charge is 2.24. The lowest BCUT2D eigenvalue weighted by molar-refractivity contribution is 0.389. The van der Waals surface area contributed by atoms with E-state index in [1.807, 2.05) is 7.05 Å². The predicted molar refractivity (Wildman–Crippen MR) is 80.3 cm³/mol. The summed E-state index contributed by atoms with van der Waals surface area (Å²) in [6, 6.07) is 4.74. The minimum Gasteiger partial charge on any atom is -0.497 e. The molecule has 1 N–H and O–H groups in total. The number of benzene rings is 1. The van der Waals surface area contributed by atoms with Crippen molar-refractivity contribution in [3.8, 4) is 11.5 Å². The molecule has 0 aromatic heterocycles. The van der Waals surface area contributed by atoms with Gasteiger partial charge in [-0.3, -0.25) is 0 Å². The van der Waals surface area contributed by atoms with Gasteiger partial charge >= 0.3 is 0 Å². The minimum atomic E-state index is -3.61. The van der Waals surface area contributed by atoms with Crippen LogP contribution in [0.2, 0.25) is 0 Å². The maximum Gasteiger partial charge on any atom is 0.244 e. The van der Waals surface area contributed by atoms with Crippen molar-refractivity contribution in [2.24, 2.45) is 5.92 Å². The van der Waals surface area contributed by atoms with Crippen LogP contribution in [0.1, 0.15) is 6.42 Å². The van der Waals surface area contributed by atoms with E-state index in [-0.39, 0.29) is 4.90 Å². The Morgan fingerprint density at radius 1 is 1.33 bits per heavy atom. The van der Waals surface area contributed by atoms with Gasteiger partial charge in [0, 0.05) is 19.2 Å². The van der Waals surface area contributed by atoms with Crippen LogP contribution in [0.15, 0.2) is 23.1 Å². The molecule has 1 unspecified atom stereocenters. The number of ether oxygens (including phenoxy) is 2. The van der Waals surface area contributed by atoms with E-state index in [2.05, 4.69) is 9.62 Å². The zero-order valence-corrected chi connectivity index (χ0v) is 13.4. The van der Waals surface area contributed by atoms with Crippen LogP contribution in [0, 0.1) is 5.92 Å². The molecule has 0 radical (unpaired) electrons. The molecule has 1 aliphatic heterocycles. The molecule has 0 aliphatic carbocycles. The Morgan fingerprint density at radius 2 is 2.10 bits per heavy atom. The molecule has 0 amide bonds. The second-order valence-corrected chi connectivity index (χ2v) is 7.02. The van der Waals surface area contributed by atoms with Crippen molar-refractivity contribution in [2.75, 3.05) is 40.9 Å². The number of sulfonamides is 1. The first-order chi connectivity index (χ1) is 9.96. The molecule has 21 heavy (non-hydrogen) atoms. The second-order valence-electron chi connectivity index (χ2n) is 5.29. The van der Waals surface area contributed by atoms with Crippen LogP contribution < -0.4 is 14.2 Å². The summed E-state index contributed by atoms with van der Waals surface area (Å²) < 4.78 is 37.8. The SMILES string of the molecule is COc1ccc(OC)c(S(=O)(=O)NCC2CCN(C)C2)c1. The van der Waals surface area contributed by atoms with Crippen molar-refractivity contribution in [1.29, 1.82) is 0 Å². The lowest BCUT2D eigenvalue weighted by Crippen LogP contribution is -2.30. The smallest absolute Gasteiger partial charge is 0.244 e. The largest absolute Gasteiger partial charge is 0.497 e. The molecular formula is C14H22N2O4S. The van der Waals surface area contributed by atoms with Gasteiger partial charge in [-0.1, -0.05) is 0 Å². The third-order valence-corrected chi connectivity index (χ3v) is 5.16. The third kappa shape index (κ3) is 3.87. The molecule has 1 aromatic carbocycles. The fourth-order valence-corrected chi connectivity index (χ4v) is 3.79. The van der Waals surface area contributed by atoms with E-state index in [1.54, 1.807) is 12.1 Å². The Labute approximate surface area is 126 Å². The van der Waals surface area contributed by atoms with Crippen LogP contribution in [0.25, 0.3) is 0 Å². The Hall–Kier alpha value is -1.31. The first-order valence-electron chi connectivity index (χ1n) is 6.86. The number of methoxy groups -OCH3 is 2. The lowest BCUT2D eigenvalue weighted by atomic mass is 10.1. The van der Waals surface area contributed by atoms with Crippen molar-refractivity contribution in [1.82, 2.24) is 9.62 Å². The first kappa shape index (κ1) is 16.1. The van der Waals surface area contributed by atoms with E-state index in [4.69, 9.17) is 9.47 Å². The maximum absolute atomic E-state index is 12.5. The summed E-state index contributed by atoms with van der Waals surface area (Å²) in [4.78, 5) is 2.31. The highest BCUT2D eigenvalue weighted by atomic mass is 32.2. The molecule has 1 aliphatic rings. The zero-order valence-electron chi connectivity index (χ0n) is 12.6. The van der Waals surface area contributed by atoms with Crippen LogP contribution in [0.4, 0.5) is 0 Å². The topological polar surface area (TPSA) is 67.9 Å². The summed E-state index contributed by atoms with van der Waals surface area (Å²) >= 11 is 0. The molecule has 6 nitrogen and oxygen atoms in total. The Kier molecular flexibility index (Phi) is 5.08. The number of rotatable bonds is 6. The summed E-state index contributed by atoms with van der Waals surface area (Å²) in [7, 11) is 1.38. The van der Waals surface area contributed by atoms with Crippen LogP contribution in [0.5, 0.6) is 11.5 Å². The van der Waals surface area contributed by atoms with Crippen LogP contribution in [0.3, 0.4) is 0 Å². The van der Waals surface area contributed by atoms with Gasteiger partial charge in [-0.25, -0.2) is 13.1 Å². The van der Waals surface area contributed by atoms with Gasteiger partial charge in [-0.15, -0.1) is 0 Å². The molecular weight excluding hydrogens is 292 g/mol. The van der Waals surface area contributed by atoms with E-state index < -0.39 is 10.0 Å². The highest BCUT2D eigenvalue weighted by Crippen LogP contribution is 2.28. The molecule has 0 saturated carbocycles. The van der Waals surface area contributed by atoms with Crippen molar-refractivity contribution in [2.45, 2.75) is 11.3 Å². The molecule has 1 atom stereocenters. The molecule has 2 rings (SSSR count). The van der Waals surface area contributed by atoms with E-state index in [9.17, 15) is 8.42 Å². The summed E-state index contributed by atoms with van der Waals surface area (Å²) in [5.74, 6) is 1.14. The molecule has 118 valence electrons. The normalized spacial score (nSPS) is 19.7. The number of nitrogens with zero attached hydrogens (tertiary/aromatic N) is 1. The Bertz CT molecular complexity index is 589. The summed E-state index contributed by atoms with van der Waals surface area (Å²) in [5, 5.41) is 0. The van der Waals surface area contributed by atoms with E-state index in [0.717, 1.165) is 19.5 Å². The van der Waals surface area contributed by atoms with Gasteiger partial charge in [0.25, 0.3) is 0 Å². The minimum absolute atomic E-state index is 0.107. The average molecular weight is 314 g/mol. The van der Waals surface area contributed by atoms with Crippen molar-refractivity contribution in [3.63, 3.8) is 0 Å². The maximum atomic E-state index is 12.5. The fraction of sp³-hybridized carbons (Fsp3) is 0.571. The second kappa shape index (κ2) is 6.64. The molecule has 1 saturated heterocycles.